The Hall–Kier alpha value is -4.01. The van der Waals surface area contributed by atoms with Crippen LogP contribution in [0.5, 0.6) is 0 Å². The van der Waals surface area contributed by atoms with Gasteiger partial charge >= 0.3 is 5.97 Å². The second-order valence-corrected chi connectivity index (χ2v) is 7.88. The fourth-order valence-electron chi connectivity index (χ4n) is 3.57. The number of primary amides is 2. The van der Waals surface area contributed by atoms with E-state index < -0.39 is 72.5 Å². The number of aromatic amines is 1. The van der Waals surface area contributed by atoms with Crippen LogP contribution in [0.2, 0.25) is 0 Å². The predicted molar refractivity (Wildman–Crippen MR) is 114 cm³/mol. The maximum atomic E-state index is 13.2. The number of carbonyl (C=O) groups excluding carboxylic acids is 5. The molecule has 2 heterocycles. The average Bonchev–Trinajstić information content (AvgIpc) is 3.43. The van der Waals surface area contributed by atoms with Gasteiger partial charge in [0.25, 0.3) is 0 Å². The number of aliphatic carboxylic acids is 1. The van der Waals surface area contributed by atoms with Crippen LogP contribution in [-0.4, -0.2) is 86.2 Å². The summed E-state index contributed by atoms with van der Waals surface area (Å²) in [5.74, 6) is -5.44. The van der Waals surface area contributed by atoms with Crippen molar-refractivity contribution in [3.63, 3.8) is 0 Å². The average molecular weight is 480 g/mol. The minimum atomic E-state index is -1.50. The normalized spacial score (nSPS) is 17.9. The highest BCUT2D eigenvalue weighted by Crippen LogP contribution is 2.19. The number of hydrogen-bond donors (Lipinski definition) is 7. The van der Waals surface area contributed by atoms with E-state index in [1.54, 1.807) is 0 Å². The van der Waals surface area contributed by atoms with E-state index in [0.717, 1.165) is 4.90 Å². The van der Waals surface area contributed by atoms with Gasteiger partial charge in [0.05, 0.1) is 25.2 Å². The summed E-state index contributed by atoms with van der Waals surface area (Å²) in [7, 11) is 0. The number of rotatable bonds is 12. The number of carboxylic acid groups (broad SMARTS) is 1. The maximum Gasteiger partial charge on any atom is 0.326 e. The number of carboxylic acids is 1. The highest BCUT2D eigenvalue weighted by atomic mass is 16.4. The largest absolute Gasteiger partial charge is 0.480 e. The molecule has 1 aromatic heterocycles. The number of nitrogens with one attached hydrogen (secondary N) is 3. The van der Waals surface area contributed by atoms with Crippen LogP contribution in [0.25, 0.3) is 0 Å². The molecule has 0 bridgehead atoms. The number of hydrogen-bond acceptors (Lipinski definition) is 8. The first-order valence-corrected chi connectivity index (χ1v) is 10.4. The molecule has 5 amide bonds. The predicted octanol–water partition coefficient (Wildman–Crippen LogP) is -3.92. The number of nitrogens with zero attached hydrogens (tertiary/aromatic N) is 2. The van der Waals surface area contributed by atoms with Gasteiger partial charge in [-0.15, -0.1) is 0 Å². The molecule has 186 valence electrons. The van der Waals surface area contributed by atoms with E-state index in [4.69, 9.17) is 17.2 Å². The zero-order valence-electron chi connectivity index (χ0n) is 18.2. The number of likely N-dealkylation sites (tertiary alicyclic amines) is 1. The lowest BCUT2D eigenvalue weighted by atomic mass is 10.1. The maximum absolute atomic E-state index is 13.2. The van der Waals surface area contributed by atoms with Crippen LogP contribution in [0.1, 0.15) is 31.4 Å². The number of amides is 5. The van der Waals surface area contributed by atoms with Gasteiger partial charge in [-0.25, -0.2) is 9.78 Å². The summed E-state index contributed by atoms with van der Waals surface area (Å²) in [5, 5.41) is 14.1. The molecule has 4 atom stereocenters. The molecule has 0 spiro atoms. The Labute approximate surface area is 193 Å². The summed E-state index contributed by atoms with van der Waals surface area (Å²) in [5.41, 5.74) is 16.3. The summed E-state index contributed by atoms with van der Waals surface area (Å²) in [4.78, 5) is 80.2. The molecule has 4 unspecified atom stereocenters. The third-order valence-electron chi connectivity index (χ3n) is 5.21. The van der Waals surface area contributed by atoms with Crippen LogP contribution in [0, 0.1) is 0 Å². The summed E-state index contributed by atoms with van der Waals surface area (Å²) < 4.78 is 0. The van der Waals surface area contributed by atoms with Crippen LogP contribution >= 0.6 is 0 Å². The molecule has 1 aliphatic heterocycles. The van der Waals surface area contributed by atoms with E-state index in [0.29, 0.717) is 12.1 Å². The molecule has 34 heavy (non-hydrogen) atoms. The quantitative estimate of drug-likeness (QED) is 0.154. The van der Waals surface area contributed by atoms with Gasteiger partial charge < -0.3 is 42.8 Å². The van der Waals surface area contributed by atoms with Crippen molar-refractivity contribution < 1.29 is 33.9 Å². The Morgan fingerprint density at radius 2 is 1.74 bits per heavy atom. The molecule has 2 rings (SSSR count). The molecule has 0 aromatic carbocycles. The Kier molecular flexibility index (Phi) is 9.06. The van der Waals surface area contributed by atoms with Gasteiger partial charge in [0, 0.05) is 24.9 Å². The van der Waals surface area contributed by atoms with Crippen molar-refractivity contribution in [1.82, 2.24) is 25.5 Å². The van der Waals surface area contributed by atoms with E-state index in [9.17, 15) is 33.9 Å². The van der Waals surface area contributed by atoms with Crippen LogP contribution in [0.3, 0.4) is 0 Å². The Bertz CT molecular complexity index is 935. The minimum absolute atomic E-state index is 0.0637. The van der Waals surface area contributed by atoms with E-state index in [1.165, 1.54) is 12.5 Å². The third-order valence-corrected chi connectivity index (χ3v) is 5.21. The molecule has 0 saturated carbocycles. The van der Waals surface area contributed by atoms with Crippen LogP contribution in [0.15, 0.2) is 12.5 Å². The van der Waals surface area contributed by atoms with E-state index >= 15 is 0 Å². The van der Waals surface area contributed by atoms with Crippen LogP contribution in [0.4, 0.5) is 0 Å². The van der Waals surface area contributed by atoms with Crippen molar-refractivity contribution in [3.8, 4) is 0 Å². The van der Waals surface area contributed by atoms with Gasteiger partial charge in [0.1, 0.15) is 18.1 Å². The topological polar surface area (TPSA) is 257 Å². The van der Waals surface area contributed by atoms with Crippen molar-refractivity contribution >= 4 is 35.5 Å². The molecule has 15 heteroatoms. The minimum Gasteiger partial charge on any atom is -0.480 e. The molecule has 15 nitrogen and oxygen atoms in total. The molecule has 0 radical (unpaired) electrons. The molecule has 1 saturated heterocycles. The smallest absolute Gasteiger partial charge is 0.326 e. The van der Waals surface area contributed by atoms with Crippen molar-refractivity contribution in [2.45, 2.75) is 56.3 Å². The number of imidazole rings is 1. The SMILES string of the molecule is NC(=O)CC(N)C(=O)NC(CC(N)=O)C(=O)NC(Cc1cnc[nH]1)C(=O)N1CCCC1C(=O)O. The van der Waals surface area contributed by atoms with Gasteiger partial charge in [-0.2, -0.15) is 0 Å². The molecule has 1 aliphatic rings. The van der Waals surface area contributed by atoms with E-state index in [1.807, 2.05) is 0 Å². The lowest BCUT2D eigenvalue weighted by molar-refractivity contribution is -0.149. The molecule has 10 N–H and O–H groups in total. The molecule has 0 aliphatic carbocycles. The standard InChI is InChI=1S/C19H28N8O7/c20-10(5-14(21)28)16(30)25-11(6-15(22)29)17(31)26-12(4-9-7-23-8-24-9)18(32)27-3-1-2-13(27)19(33)34/h7-8,10-13H,1-6,20H2,(H2,21,28)(H2,22,29)(H,23,24)(H,25,30)(H,26,31)(H,33,34). The third kappa shape index (κ3) is 7.26. The van der Waals surface area contributed by atoms with Crippen molar-refractivity contribution in [2.24, 2.45) is 17.2 Å². The Balaban J connectivity index is 2.22. The van der Waals surface area contributed by atoms with Crippen molar-refractivity contribution in [3.05, 3.63) is 18.2 Å². The first kappa shape index (κ1) is 26.2. The first-order chi connectivity index (χ1) is 16.0. The second-order valence-electron chi connectivity index (χ2n) is 7.88. The molecular weight excluding hydrogens is 452 g/mol. The van der Waals surface area contributed by atoms with Crippen LogP contribution < -0.4 is 27.8 Å². The number of aromatic nitrogens is 2. The number of H-pyrrole nitrogens is 1. The summed E-state index contributed by atoms with van der Waals surface area (Å²) in [6, 6.07) is -5.15. The second kappa shape index (κ2) is 11.7. The Morgan fingerprint density at radius 3 is 2.29 bits per heavy atom. The van der Waals surface area contributed by atoms with E-state index in [-0.39, 0.29) is 19.4 Å². The monoisotopic (exact) mass is 480 g/mol. The molecular formula is C19H28N8O7. The summed E-state index contributed by atoms with van der Waals surface area (Å²) in [6.45, 7) is 0.189. The van der Waals surface area contributed by atoms with Gasteiger partial charge in [-0.1, -0.05) is 0 Å². The zero-order chi connectivity index (χ0) is 25.4. The van der Waals surface area contributed by atoms with Gasteiger partial charge in [0.15, 0.2) is 0 Å². The van der Waals surface area contributed by atoms with Gasteiger partial charge in [-0.05, 0) is 12.8 Å². The van der Waals surface area contributed by atoms with Crippen molar-refractivity contribution in [1.29, 1.82) is 0 Å². The lowest BCUT2D eigenvalue weighted by Gasteiger charge is -2.28. The highest BCUT2D eigenvalue weighted by Gasteiger charge is 2.38. The fraction of sp³-hybridized carbons (Fsp3) is 0.526. The van der Waals surface area contributed by atoms with Crippen LogP contribution in [-0.2, 0) is 35.2 Å². The zero-order valence-corrected chi connectivity index (χ0v) is 18.2. The first-order valence-electron chi connectivity index (χ1n) is 10.4. The molecule has 1 aromatic rings. The summed E-state index contributed by atoms with van der Waals surface area (Å²) in [6.07, 6.45) is 2.36. The molecule has 1 fully saturated rings. The Morgan fingerprint density at radius 1 is 1.09 bits per heavy atom. The van der Waals surface area contributed by atoms with Crippen molar-refractivity contribution in [2.75, 3.05) is 6.54 Å². The highest BCUT2D eigenvalue weighted by molar-refractivity contribution is 5.97. The lowest BCUT2D eigenvalue weighted by Crippen LogP contribution is -2.58. The van der Waals surface area contributed by atoms with Gasteiger partial charge in [0.2, 0.25) is 29.5 Å². The van der Waals surface area contributed by atoms with E-state index in [2.05, 4.69) is 20.6 Å². The number of carbonyl (C=O) groups is 6. The van der Waals surface area contributed by atoms with Gasteiger partial charge in [-0.3, -0.25) is 24.0 Å². The fourth-order valence-corrected chi connectivity index (χ4v) is 3.57. The number of nitrogens with two attached hydrogens (primary N) is 3. The summed E-state index contributed by atoms with van der Waals surface area (Å²) >= 11 is 0.